The molecular formula is C16H25NO2. The van der Waals surface area contributed by atoms with Crippen LogP contribution < -0.4 is 10.5 Å². The molecule has 0 atom stereocenters. The second-order valence-electron chi connectivity index (χ2n) is 5.18. The Bertz CT molecular complexity index is 362. The second kappa shape index (κ2) is 8.18. The summed E-state index contributed by atoms with van der Waals surface area (Å²) < 4.78 is 11.6. The first-order valence-corrected chi connectivity index (χ1v) is 7.42. The van der Waals surface area contributed by atoms with Gasteiger partial charge in [0.15, 0.2) is 0 Å². The molecule has 1 aliphatic rings. The molecule has 0 bridgehead atoms. The van der Waals surface area contributed by atoms with Gasteiger partial charge in [-0.15, -0.1) is 0 Å². The van der Waals surface area contributed by atoms with E-state index in [1.165, 1.54) is 32.1 Å². The number of hydrogen-bond donors (Lipinski definition) is 1. The first kappa shape index (κ1) is 14.4. The molecule has 3 heteroatoms. The molecule has 1 aromatic carbocycles. The molecule has 19 heavy (non-hydrogen) atoms. The Labute approximate surface area is 116 Å². The molecule has 0 heterocycles. The van der Waals surface area contributed by atoms with Crippen LogP contribution in [0.25, 0.3) is 0 Å². The van der Waals surface area contributed by atoms with Crippen LogP contribution in [0.1, 0.15) is 44.1 Å². The van der Waals surface area contributed by atoms with Crippen molar-refractivity contribution in [2.45, 2.75) is 51.2 Å². The summed E-state index contributed by atoms with van der Waals surface area (Å²) in [6.07, 6.45) is 7.94. The third kappa shape index (κ3) is 5.21. The van der Waals surface area contributed by atoms with Crippen LogP contribution in [0.2, 0.25) is 0 Å². The van der Waals surface area contributed by atoms with Crippen LogP contribution in [0.3, 0.4) is 0 Å². The minimum absolute atomic E-state index is 0.495. The maximum Gasteiger partial charge on any atom is 0.119 e. The molecule has 0 aliphatic heterocycles. The second-order valence-corrected chi connectivity index (χ2v) is 5.18. The summed E-state index contributed by atoms with van der Waals surface area (Å²) in [7, 11) is 0. The largest absolute Gasteiger partial charge is 0.493 e. The zero-order chi connectivity index (χ0) is 13.3. The van der Waals surface area contributed by atoms with Gasteiger partial charge in [0.05, 0.1) is 19.3 Å². The minimum atomic E-state index is 0.495. The van der Waals surface area contributed by atoms with Crippen LogP contribution in [0, 0.1) is 0 Å². The van der Waals surface area contributed by atoms with E-state index in [0.717, 1.165) is 24.3 Å². The van der Waals surface area contributed by atoms with E-state index in [2.05, 4.69) is 0 Å². The molecule has 1 fully saturated rings. The predicted molar refractivity (Wildman–Crippen MR) is 77.3 cm³/mol. The standard InChI is InChI=1S/C16H25NO2/c17-13-14-6-4-9-16(12-14)19-11-5-10-18-15-7-2-1-3-8-15/h4,6,9,12,15H,1-3,5,7-8,10-11,13,17H2. The third-order valence-electron chi connectivity index (χ3n) is 3.60. The van der Waals surface area contributed by atoms with E-state index in [9.17, 15) is 0 Å². The topological polar surface area (TPSA) is 44.5 Å². The average Bonchev–Trinajstić information content (AvgIpc) is 2.48. The van der Waals surface area contributed by atoms with Gasteiger partial charge in [-0.3, -0.25) is 0 Å². The molecule has 1 aromatic rings. The SMILES string of the molecule is NCc1cccc(OCCCOC2CCCCC2)c1. The van der Waals surface area contributed by atoms with Gasteiger partial charge in [0.25, 0.3) is 0 Å². The van der Waals surface area contributed by atoms with Crippen LogP contribution in [0.4, 0.5) is 0 Å². The Morgan fingerprint density at radius 3 is 2.74 bits per heavy atom. The van der Waals surface area contributed by atoms with E-state index >= 15 is 0 Å². The van der Waals surface area contributed by atoms with Gasteiger partial charge in [-0.05, 0) is 30.5 Å². The number of ether oxygens (including phenoxy) is 2. The van der Waals surface area contributed by atoms with E-state index in [0.29, 0.717) is 19.3 Å². The lowest BCUT2D eigenvalue weighted by Gasteiger charge is -2.21. The van der Waals surface area contributed by atoms with Crippen molar-refractivity contribution in [1.82, 2.24) is 0 Å². The summed E-state index contributed by atoms with van der Waals surface area (Å²) in [5.74, 6) is 0.903. The van der Waals surface area contributed by atoms with Gasteiger partial charge in [-0.2, -0.15) is 0 Å². The molecule has 0 radical (unpaired) electrons. The van der Waals surface area contributed by atoms with Crippen molar-refractivity contribution in [2.75, 3.05) is 13.2 Å². The molecule has 0 unspecified atom stereocenters. The van der Waals surface area contributed by atoms with Crippen molar-refractivity contribution in [3.63, 3.8) is 0 Å². The fraction of sp³-hybridized carbons (Fsp3) is 0.625. The number of benzene rings is 1. The summed E-state index contributed by atoms with van der Waals surface area (Å²) in [6, 6.07) is 7.97. The van der Waals surface area contributed by atoms with Crippen molar-refractivity contribution in [3.05, 3.63) is 29.8 Å². The lowest BCUT2D eigenvalue weighted by atomic mass is 9.98. The quantitative estimate of drug-likeness (QED) is 0.768. The Kier molecular flexibility index (Phi) is 6.18. The molecule has 3 nitrogen and oxygen atoms in total. The maximum absolute atomic E-state index is 5.87. The van der Waals surface area contributed by atoms with Gasteiger partial charge in [-0.25, -0.2) is 0 Å². The van der Waals surface area contributed by atoms with Crippen molar-refractivity contribution in [1.29, 1.82) is 0 Å². The molecule has 106 valence electrons. The average molecular weight is 263 g/mol. The van der Waals surface area contributed by atoms with Crippen molar-refractivity contribution in [3.8, 4) is 5.75 Å². The van der Waals surface area contributed by atoms with E-state index < -0.39 is 0 Å². The van der Waals surface area contributed by atoms with Crippen molar-refractivity contribution in [2.24, 2.45) is 5.73 Å². The van der Waals surface area contributed by atoms with E-state index in [4.69, 9.17) is 15.2 Å². The smallest absolute Gasteiger partial charge is 0.119 e. The molecule has 1 aliphatic carbocycles. The monoisotopic (exact) mass is 263 g/mol. The molecule has 0 amide bonds. The lowest BCUT2D eigenvalue weighted by molar-refractivity contribution is 0.0226. The summed E-state index contributed by atoms with van der Waals surface area (Å²) >= 11 is 0. The highest BCUT2D eigenvalue weighted by Gasteiger charge is 2.12. The third-order valence-corrected chi connectivity index (χ3v) is 3.60. The fourth-order valence-electron chi connectivity index (χ4n) is 2.49. The first-order chi connectivity index (χ1) is 9.38. The fourth-order valence-corrected chi connectivity index (χ4v) is 2.49. The van der Waals surface area contributed by atoms with Crippen LogP contribution in [0.15, 0.2) is 24.3 Å². The Morgan fingerprint density at radius 1 is 1.11 bits per heavy atom. The van der Waals surface area contributed by atoms with Gasteiger partial charge >= 0.3 is 0 Å². The molecule has 0 saturated heterocycles. The highest BCUT2D eigenvalue weighted by atomic mass is 16.5. The Balaban J connectivity index is 1.58. The minimum Gasteiger partial charge on any atom is -0.493 e. The number of nitrogens with two attached hydrogens (primary N) is 1. The van der Waals surface area contributed by atoms with E-state index in [-0.39, 0.29) is 0 Å². The molecule has 2 N–H and O–H groups in total. The highest BCUT2D eigenvalue weighted by Crippen LogP contribution is 2.20. The molecule has 0 spiro atoms. The lowest BCUT2D eigenvalue weighted by Crippen LogP contribution is -2.18. The van der Waals surface area contributed by atoms with Crippen LogP contribution >= 0.6 is 0 Å². The van der Waals surface area contributed by atoms with Crippen molar-refractivity contribution < 1.29 is 9.47 Å². The molecule has 1 saturated carbocycles. The van der Waals surface area contributed by atoms with Gasteiger partial charge < -0.3 is 15.2 Å². The number of hydrogen-bond acceptors (Lipinski definition) is 3. The summed E-state index contributed by atoms with van der Waals surface area (Å²) in [5.41, 5.74) is 6.71. The van der Waals surface area contributed by atoms with E-state index in [1.807, 2.05) is 24.3 Å². The Morgan fingerprint density at radius 2 is 1.95 bits per heavy atom. The van der Waals surface area contributed by atoms with Gasteiger partial charge in [0.1, 0.15) is 5.75 Å². The van der Waals surface area contributed by atoms with E-state index in [1.54, 1.807) is 0 Å². The zero-order valence-electron chi connectivity index (χ0n) is 11.6. The van der Waals surface area contributed by atoms with Gasteiger partial charge in [0, 0.05) is 13.0 Å². The van der Waals surface area contributed by atoms with Crippen molar-refractivity contribution >= 4 is 0 Å². The van der Waals surface area contributed by atoms with Crippen LogP contribution in [-0.4, -0.2) is 19.3 Å². The molecular weight excluding hydrogens is 238 g/mol. The Hall–Kier alpha value is -1.06. The summed E-state index contributed by atoms with van der Waals surface area (Å²) in [6.45, 7) is 2.07. The summed E-state index contributed by atoms with van der Waals surface area (Å²) in [4.78, 5) is 0. The van der Waals surface area contributed by atoms with Gasteiger partial charge in [0.2, 0.25) is 0 Å². The first-order valence-electron chi connectivity index (χ1n) is 7.42. The van der Waals surface area contributed by atoms with Crippen LogP contribution in [0.5, 0.6) is 5.75 Å². The zero-order valence-corrected chi connectivity index (χ0v) is 11.6. The maximum atomic E-state index is 5.87. The molecule has 0 aromatic heterocycles. The highest BCUT2D eigenvalue weighted by molar-refractivity contribution is 5.28. The summed E-state index contributed by atoms with van der Waals surface area (Å²) in [5, 5.41) is 0. The number of rotatable bonds is 7. The normalized spacial score (nSPS) is 16.5. The van der Waals surface area contributed by atoms with Crippen LogP contribution in [-0.2, 0) is 11.3 Å². The van der Waals surface area contributed by atoms with Gasteiger partial charge in [-0.1, -0.05) is 31.4 Å². The predicted octanol–water partition coefficient (Wildman–Crippen LogP) is 3.26. The molecule has 2 rings (SSSR count).